The van der Waals surface area contributed by atoms with Crippen LogP contribution in [-0.4, -0.2) is 6.61 Å². The molecule has 1 aromatic heterocycles. The van der Waals surface area contributed by atoms with Gasteiger partial charge in [-0.05, 0) is 22.8 Å². The van der Waals surface area contributed by atoms with Crippen LogP contribution in [0.5, 0.6) is 5.75 Å². The number of hydrogen-bond donors (Lipinski definition) is 0. The van der Waals surface area contributed by atoms with Gasteiger partial charge in [-0.2, -0.15) is 0 Å². The Kier molecular flexibility index (Phi) is 3.23. The molecule has 0 unspecified atom stereocenters. The van der Waals surface area contributed by atoms with Crippen molar-refractivity contribution in [1.82, 2.24) is 0 Å². The molecule has 0 bridgehead atoms. The zero-order chi connectivity index (χ0) is 13.1. The van der Waals surface area contributed by atoms with Gasteiger partial charge >= 0.3 is 0 Å². The van der Waals surface area contributed by atoms with Crippen molar-refractivity contribution in [2.75, 3.05) is 6.61 Å². The van der Waals surface area contributed by atoms with Crippen LogP contribution in [0.3, 0.4) is 0 Å². The third kappa shape index (κ3) is 2.22. The van der Waals surface area contributed by atoms with E-state index in [0.29, 0.717) is 6.61 Å². The zero-order valence-electron chi connectivity index (χ0n) is 10.8. The van der Waals surface area contributed by atoms with Crippen molar-refractivity contribution in [1.29, 1.82) is 0 Å². The predicted molar refractivity (Wildman–Crippen MR) is 76.3 cm³/mol. The minimum atomic E-state index is 0.686. The number of ether oxygens (including phenoxy) is 1. The maximum atomic E-state index is 5.70. The lowest BCUT2D eigenvalue weighted by molar-refractivity contribution is 0.314. The normalized spacial score (nSPS) is 10.8. The van der Waals surface area contributed by atoms with Gasteiger partial charge in [-0.3, -0.25) is 0 Å². The average molecular weight is 251 g/mol. The van der Waals surface area contributed by atoms with E-state index in [-0.39, 0.29) is 0 Å². The summed E-state index contributed by atoms with van der Waals surface area (Å²) >= 11 is 0. The maximum Gasteiger partial charge on any atom is 0.181 e. The lowest BCUT2D eigenvalue weighted by Crippen LogP contribution is -1.95. The largest absolute Gasteiger partial charge is 0.490 e. The van der Waals surface area contributed by atoms with Crippen molar-refractivity contribution >= 4 is 10.8 Å². The van der Waals surface area contributed by atoms with Crippen molar-refractivity contribution in [2.45, 2.75) is 13.3 Å². The summed E-state index contributed by atoms with van der Waals surface area (Å²) in [5, 5.41) is 2.39. The van der Waals surface area contributed by atoms with E-state index in [4.69, 9.17) is 9.15 Å². The van der Waals surface area contributed by atoms with Crippen LogP contribution in [0.1, 0.15) is 13.3 Å². The summed E-state index contributed by atoms with van der Waals surface area (Å²) in [6.07, 6.45) is 5.51. The van der Waals surface area contributed by atoms with Crippen LogP contribution in [-0.2, 0) is 0 Å². The van der Waals surface area contributed by atoms with Crippen LogP contribution in [0, 0.1) is 6.26 Å². The van der Waals surface area contributed by atoms with Gasteiger partial charge in [0, 0.05) is 0 Å². The Bertz CT molecular complexity index is 677. The van der Waals surface area contributed by atoms with E-state index in [9.17, 15) is 0 Å². The topological polar surface area (TPSA) is 22.4 Å². The first-order valence-electron chi connectivity index (χ1n) is 6.50. The first kappa shape index (κ1) is 11.8. The summed E-state index contributed by atoms with van der Waals surface area (Å²) in [5.41, 5.74) is 1.99. The molecule has 0 spiro atoms. The molecular weight excluding hydrogens is 236 g/mol. The minimum absolute atomic E-state index is 0.686. The molecule has 0 amide bonds. The van der Waals surface area contributed by atoms with E-state index >= 15 is 0 Å². The molecule has 0 atom stereocenters. The highest BCUT2D eigenvalue weighted by molar-refractivity contribution is 5.97. The van der Waals surface area contributed by atoms with Gasteiger partial charge in [-0.15, -0.1) is 0 Å². The van der Waals surface area contributed by atoms with Gasteiger partial charge < -0.3 is 9.15 Å². The highest BCUT2D eigenvalue weighted by Crippen LogP contribution is 2.35. The summed E-state index contributed by atoms with van der Waals surface area (Å²) in [5.74, 6) is 0.762. The lowest BCUT2D eigenvalue weighted by atomic mass is 10.00. The zero-order valence-corrected chi connectivity index (χ0v) is 10.8. The Labute approximate surface area is 112 Å². The second-order valence-corrected chi connectivity index (χ2v) is 4.45. The van der Waals surface area contributed by atoms with Crippen LogP contribution in [0.4, 0.5) is 0 Å². The predicted octanol–water partition coefficient (Wildman–Crippen LogP) is 4.69. The van der Waals surface area contributed by atoms with Gasteiger partial charge in [0.2, 0.25) is 0 Å². The second-order valence-electron chi connectivity index (χ2n) is 4.45. The van der Waals surface area contributed by atoms with E-state index in [1.807, 2.05) is 18.2 Å². The van der Waals surface area contributed by atoms with Crippen molar-refractivity contribution < 1.29 is 9.15 Å². The summed E-state index contributed by atoms with van der Waals surface area (Å²) in [6.45, 7) is 2.77. The van der Waals surface area contributed by atoms with Gasteiger partial charge in [0.05, 0.1) is 12.2 Å². The van der Waals surface area contributed by atoms with E-state index < -0.39 is 0 Å². The van der Waals surface area contributed by atoms with Gasteiger partial charge in [0.15, 0.2) is 12.0 Å². The number of furan rings is 1. The SMILES string of the molecule is CCCOc1co[c]c1-c1cccc2ccccc12. The molecule has 19 heavy (non-hydrogen) atoms. The van der Waals surface area contributed by atoms with Gasteiger partial charge in [-0.25, -0.2) is 0 Å². The maximum absolute atomic E-state index is 5.70. The third-order valence-corrected chi connectivity index (χ3v) is 3.09. The van der Waals surface area contributed by atoms with Gasteiger partial charge in [0.1, 0.15) is 6.26 Å². The molecule has 0 saturated carbocycles. The van der Waals surface area contributed by atoms with Crippen LogP contribution in [0.25, 0.3) is 21.9 Å². The summed E-state index contributed by atoms with van der Waals surface area (Å²) in [7, 11) is 0. The smallest absolute Gasteiger partial charge is 0.181 e. The average Bonchev–Trinajstić information content (AvgIpc) is 2.92. The first-order chi connectivity index (χ1) is 9.40. The number of benzene rings is 2. The lowest BCUT2D eigenvalue weighted by Gasteiger charge is -2.07. The molecule has 2 aromatic carbocycles. The molecular formula is C17H15O2. The Balaban J connectivity index is 2.12. The fourth-order valence-electron chi connectivity index (χ4n) is 2.20. The minimum Gasteiger partial charge on any atom is -0.490 e. The van der Waals surface area contributed by atoms with E-state index in [1.165, 1.54) is 10.8 Å². The molecule has 0 N–H and O–H groups in total. The van der Waals surface area contributed by atoms with E-state index in [0.717, 1.165) is 23.3 Å². The third-order valence-electron chi connectivity index (χ3n) is 3.09. The Hall–Kier alpha value is -2.22. The van der Waals surface area contributed by atoms with Crippen molar-refractivity contribution in [3.63, 3.8) is 0 Å². The molecule has 3 aromatic rings. The molecule has 95 valence electrons. The molecule has 1 radical (unpaired) electrons. The fraction of sp³-hybridized carbons (Fsp3) is 0.176. The second kappa shape index (κ2) is 5.19. The Morgan fingerprint density at radius 1 is 1.11 bits per heavy atom. The number of fused-ring (bicyclic) bond motifs is 1. The molecule has 2 heteroatoms. The van der Waals surface area contributed by atoms with Crippen molar-refractivity contribution in [2.24, 2.45) is 0 Å². The van der Waals surface area contributed by atoms with Crippen LogP contribution in [0.15, 0.2) is 53.1 Å². The quantitative estimate of drug-likeness (QED) is 0.671. The molecule has 1 heterocycles. The summed E-state index contributed by atoms with van der Waals surface area (Å²) < 4.78 is 10.9. The molecule has 0 aliphatic carbocycles. The van der Waals surface area contributed by atoms with Crippen molar-refractivity contribution in [3.8, 4) is 16.9 Å². The van der Waals surface area contributed by atoms with Crippen LogP contribution in [0.2, 0.25) is 0 Å². The first-order valence-corrected chi connectivity index (χ1v) is 6.50. The molecule has 0 fully saturated rings. The number of hydrogen-bond acceptors (Lipinski definition) is 2. The van der Waals surface area contributed by atoms with Crippen LogP contribution < -0.4 is 4.74 Å². The molecule has 0 aliphatic rings. The molecule has 0 saturated heterocycles. The van der Waals surface area contributed by atoms with E-state index in [1.54, 1.807) is 6.26 Å². The van der Waals surface area contributed by atoms with Gasteiger partial charge in [0.25, 0.3) is 0 Å². The van der Waals surface area contributed by atoms with Crippen molar-refractivity contribution in [3.05, 3.63) is 55.0 Å². The standard InChI is InChI=1S/C17H15O2/c1-2-10-19-17-12-18-11-16(17)15-9-5-7-13-6-3-4-8-14(13)15/h3-9,12H,2,10H2,1H3. The van der Waals surface area contributed by atoms with Gasteiger partial charge in [-0.1, -0.05) is 49.4 Å². The highest BCUT2D eigenvalue weighted by atomic mass is 16.5. The highest BCUT2D eigenvalue weighted by Gasteiger charge is 2.12. The fourth-order valence-corrected chi connectivity index (χ4v) is 2.20. The number of rotatable bonds is 4. The monoisotopic (exact) mass is 251 g/mol. The molecule has 0 aliphatic heterocycles. The summed E-state index contributed by atoms with van der Waals surface area (Å²) in [4.78, 5) is 0. The molecule has 2 nitrogen and oxygen atoms in total. The molecule has 3 rings (SSSR count). The Morgan fingerprint density at radius 2 is 1.95 bits per heavy atom. The summed E-state index contributed by atoms with van der Waals surface area (Å²) in [6, 6.07) is 14.5. The van der Waals surface area contributed by atoms with Crippen LogP contribution >= 0.6 is 0 Å². The Morgan fingerprint density at radius 3 is 2.84 bits per heavy atom. The van der Waals surface area contributed by atoms with E-state index in [2.05, 4.69) is 37.5 Å².